The van der Waals surface area contributed by atoms with Crippen LogP contribution in [0.15, 0.2) is 76.1 Å². The summed E-state index contributed by atoms with van der Waals surface area (Å²) in [5.41, 5.74) is 4.05. The lowest BCUT2D eigenvalue weighted by atomic mass is 9.72. The van der Waals surface area contributed by atoms with E-state index >= 15 is 0 Å². The third kappa shape index (κ3) is 5.28. The first-order valence-corrected chi connectivity index (χ1v) is 13.3. The molecule has 0 bridgehead atoms. The number of anilines is 1. The van der Waals surface area contributed by atoms with Crippen LogP contribution in [0.25, 0.3) is 11.3 Å². The molecule has 1 aliphatic carbocycles. The van der Waals surface area contributed by atoms with Gasteiger partial charge in [0.05, 0.1) is 23.4 Å². The normalized spacial score (nSPS) is 15.4. The third-order valence-electron chi connectivity index (χ3n) is 6.98. The van der Waals surface area contributed by atoms with Gasteiger partial charge in [-0.15, -0.1) is 11.3 Å². The molecule has 0 radical (unpaired) electrons. The Labute approximate surface area is 221 Å². The Hall–Kier alpha value is -3.95. The van der Waals surface area contributed by atoms with E-state index in [-0.39, 0.29) is 11.3 Å². The van der Waals surface area contributed by atoms with E-state index < -0.39 is 0 Å². The molecule has 6 heteroatoms. The van der Waals surface area contributed by atoms with Gasteiger partial charge in [-0.25, -0.2) is 4.99 Å². The van der Waals surface area contributed by atoms with Crippen molar-refractivity contribution in [3.63, 3.8) is 0 Å². The van der Waals surface area contributed by atoms with Crippen LogP contribution in [0.2, 0.25) is 0 Å². The second kappa shape index (κ2) is 10.2. The first kappa shape index (κ1) is 24.7. The average molecular weight is 508 g/mol. The van der Waals surface area contributed by atoms with Crippen LogP contribution in [0.1, 0.15) is 59.3 Å². The largest absolute Gasteiger partial charge is 0.455 e. The van der Waals surface area contributed by atoms with Crippen LogP contribution in [0.5, 0.6) is 0 Å². The van der Waals surface area contributed by atoms with Gasteiger partial charge in [-0.3, -0.25) is 4.79 Å². The molecule has 1 N–H and O–H groups in total. The number of thiophene rings is 1. The lowest BCUT2D eigenvalue weighted by Crippen LogP contribution is -2.27. The highest BCUT2D eigenvalue weighted by Crippen LogP contribution is 2.45. The molecule has 2 aromatic heterocycles. The standard InChI is InChI=1S/C31H29N3O2S/c1-31(2,3)21-13-15-25-27(17-21)37-30(28(25)29(35)34-22-10-5-4-6-11-22)33-19-23-14-16-26(36-23)24-12-8-7-9-20(24)18-32/h4-12,14,16,19,21H,13,15,17H2,1-3H3,(H,34,35)/t21-/m0/s1. The first-order valence-electron chi connectivity index (χ1n) is 12.5. The summed E-state index contributed by atoms with van der Waals surface area (Å²) in [4.78, 5) is 19.5. The molecule has 2 heterocycles. The number of para-hydroxylation sites is 1. The van der Waals surface area contributed by atoms with Crippen molar-refractivity contribution in [1.82, 2.24) is 0 Å². The fraction of sp³-hybridized carbons (Fsp3) is 0.258. The van der Waals surface area contributed by atoms with Gasteiger partial charge < -0.3 is 9.73 Å². The molecule has 1 atom stereocenters. The van der Waals surface area contributed by atoms with E-state index in [1.54, 1.807) is 23.6 Å². The van der Waals surface area contributed by atoms with Crippen molar-refractivity contribution in [3.05, 3.63) is 94.1 Å². The maximum atomic E-state index is 13.5. The molecule has 0 unspecified atom stereocenters. The van der Waals surface area contributed by atoms with Gasteiger partial charge in [0.1, 0.15) is 16.5 Å². The number of hydrogen-bond acceptors (Lipinski definition) is 5. The number of fused-ring (bicyclic) bond motifs is 1. The fourth-order valence-corrected chi connectivity index (χ4v) is 6.10. The highest BCUT2D eigenvalue weighted by Gasteiger charge is 2.33. The Morgan fingerprint density at radius 1 is 1.11 bits per heavy atom. The van der Waals surface area contributed by atoms with E-state index in [9.17, 15) is 10.1 Å². The zero-order valence-corrected chi connectivity index (χ0v) is 22.1. The monoisotopic (exact) mass is 507 g/mol. The molecule has 1 amide bonds. The summed E-state index contributed by atoms with van der Waals surface area (Å²) in [5, 5.41) is 13.2. The molecule has 0 fully saturated rings. The minimum Gasteiger partial charge on any atom is -0.455 e. The van der Waals surface area contributed by atoms with E-state index in [2.05, 4.69) is 32.2 Å². The Morgan fingerprint density at radius 3 is 2.62 bits per heavy atom. The Kier molecular flexibility index (Phi) is 6.82. The van der Waals surface area contributed by atoms with Crippen molar-refractivity contribution in [2.75, 3.05) is 5.32 Å². The number of aliphatic imine (C=N–C) groups is 1. The summed E-state index contributed by atoms with van der Waals surface area (Å²) in [5.74, 6) is 1.61. The van der Waals surface area contributed by atoms with E-state index in [1.807, 2.05) is 60.7 Å². The van der Waals surface area contributed by atoms with Gasteiger partial charge in [-0.05, 0) is 72.6 Å². The quantitative estimate of drug-likeness (QED) is 0.278. The second-order valence-corrected chi connectivity index (χ2v) is 11.5. The summed E-state index contributed by atoms with van der Waals surface area (Å²) >= 11 is 1.61. The van der Waals surface area contributed by atoms with Crippen LogP contribution in [0.4, 0.5) is 10.7 Å². The van der Waals surface area contributed by atoms with E-state index in [0.29, 0.717) is 33.6 Å². The molecule has 4 aromatic rings. The molecule has 0 aliphatic heterocycles. The average Bonchev–Trinajstić information content (AvgIpc) is 3.51. The number of carbonyl (C=O) groups excluding carboxylic acids is 1. The van der Waals surface area contributed by atoms with Crippen molar-refractivity contribution < 1.29 is 9.21 Å². The maximum absolute atomic E-state index is 13.5. The van der Waals surface area contributed by atoms with Crippen molar-refractivity contribution in [2.24, 2.45) is 16.3 Å². The van der Waals surface area contributed by atoms with Gasteiger partial charge in [-0.1, -0.05) is 51.1 Å². The number of nitriles is 1. The van der Waals surface area contributed by atoms with Crippen LogP contribution in [0, 0.1) is 22.7 Å². The number of nitrogens with zero attached hydrogens (tertiary/aromatic N) is 2. The predicted molar refractivity (Wildman–Crippen MR) is 150 cm³/mol. The van der Waals surface area contributed by atoms with Crippen molar-refractivity contribution >= 4 is 34.1 Å². The molecule has 37 heavy (non-hydrogen) atoms. The highest BCUT2D eigenvalue weighted by molar-refractivity contribution is 7.16. The van der Waals surface area contributed by atoms with Gasteiger partial charge in [0, 0.05) is 16.1 Å². The predicted octanol–water partition coefficient (Wildman–Crippen LogP) is 8.03. The van der Waals surface area contributed by atoms with E-state index in [0.717, 1.165) is 36.1 Å². The number of nitrogens with one attached hydrogen (secondary N) is 1. The van der Waals surface area contributed by atoms with E-state index in [1.165, 1.54) is 4.88 Å². The molecular weight excluding hydrogens is 478 g/mol. The number of rotatable bonds is 5. The summed E-state index contributed by atoms with van der Waals surface area (Å²) < 4.78 is 6.00. The number of benzene rings is 2. The van der Waals surface area contributed by atoms with Gasteiger partial charge in [0.15, 0.2) is 0 Å². The number of furan rings is 1. The van der Waals surface area contributed by atoms with Crippen molar-refractivity contribution in [2.45, 2.75) is 40.0 Å². The van der Waals surface area contributed by atoms with Gasteiger partial charge in [0.2, 0.25) is 0 Å². The Bertz CT molecular complexity index is 1500. The molecule has 5 nitrogen and oxygen atoms in total. The van der Waals surface area contributed by atoms with Crippen molar-refractivity contribution in [1.29, 1.82) is 5.26 Å². The summed E-state index contributed by atoms with van der Waals surface area (Å²) in [7, 11) is 0. The Morgan fingerprint density at radius 2 is 1.86 bits per heavy atom. The minimum absolute atomic E-state index is 0.131. The number of amides is 1. The summed E-state index contributed by atoms with van der Waals surface area (Å²) in [6.07, 6.45) is 4.55. The molecular formula is C31H29N3O2S. The lowest BCUT2D eigenvalue weighted by molar-refractivity contribution is 0.102. The van der Waals surface area contributed by atoms with Crippen LogP contribution in [-0.4, -0.2) is 12.1 Å². The summed E-state index contributed by atoms with van der Waals surface area (Å²) in [6.45, 7) is 6.87. The van der Waals surface area contributed by atoms with Gasteiger partial charge >= 0.3 is 0 Å². The number of hydrogen-bond donors (Lipinski definition) is 1. The molecule has 1 aliphatic rings. The van der Waals surface area contributed by atoms with E-state index in [4.69, 9.17) is 9.41 Å². The topological polar surface area (TPSA) is 78.4 Å². The van der Waals surface area contributed by atoms with Crippen molar-refractivity contribution in [3.8, 4) is 17.4 Å². The number of carbonyl (C=O) groups is 1. The van der Waals surface area contributed by atoms with Gasteiger partial charge in [-0.2, -0.15) is 5.26 Å². The summed E-state index contributed by atoms with van der Waals surface area (Å²) in [6, 6.07) is 22.7. The molecule has 5 rings (SSSR count). The molecule has 186 valence electrons. The van der Waals surface area contributed by atoms with Crippen LogP contribution in [0.3, 0.4) is 0 Å². The zero-order chi connectivity index (χ0) is 26.0. The van der Waals surface area contributed by atoms with Crippen LogP contribution < -0.4 is 5.32 Å². The highest BCUT2D eigenvalue weighted by atomic mass is 32.1. The lowest BCUT2D eigenvalue weighted by Gasteiger charge is -2.33. The Balaban J connectivity index is 1.48. The minimum atomic E-state index is -0.131. The third-order valence-corrected chi connectivity index (χ3v) is 8.14. The maximum Gasteiger partial charge on any atom is 0.259 e. The second-order valence-electron chi connectivity index (χ2n) is 10.4. The van der Waals surface area contributed by atoms with Crippen LogP contribution in [-0.2, 0) is 12.8 Å². The molecule has 0 spiro atoms. The smallest absolute Gasteiger partial charge is 0.259 e. The fourth-order valence-electron chi connectivity index (χ4n) is 4.84. The zero-order valence-electron chi connectivity index (χ0n) is 21.2. The SMILES string of the molecule is CC(C)(C)[C@H]1CCc2c(sc(N=Cc3ccc(-c4ccccc4C#N)o3)c2C(=O)Nc2ccccc2)C1. The van der Waals surface area contributed by atoms with Gasteiger partial charge in [0.25, 0.3) is 5.91 Å². The van der Waals surface area contributed by atoms with Crippen LogP contribution >= 0.6 is 11.3 Å². The first-order chi connectivity index (χ1) is 17.8. The molecule has 2 aromatic carbocycles. The molecule has 0 saturated carbocycles. The molecule has 0 saturated heterocycles.